The maximum absolute atomic E-state index is 12.1. The maximum atomic E-state index is 12.1. The number of phenols is 4. The Labute approximate surface area is 160 Å². The molecule has 2 rings (SSSR count). The second-order valence-electron chi connectivity index (χ2n) is 5.79. The van der Waals surface area contributed by atoms with Crippen molar-refractivity contribution in [3.8, 4) is 23.0 Å². The highest BCUT2D eigenvalue weighted by Gasteiger charge is 2.24. The monoisotopic (exact) mass is 388 g/mol. The summed E-state index contributed by atoms with van der Waals surface area (Å²) in [5.41, 5.74) is 0.886. The van der Waals surface area contributed by atoms with Gasteiger partial charge in [-0.1, -0.05) is 12.1 Å². The normalized spacial score (nSPS) is 11.9. The highest BCUT2D eigenvalue weighted by molar-refractivity contribution is 5.89. The molecule has 0 fully saturated rings. The molecular formula is C20H20O8. The number of rotatable bonds is 7. The number of hydrogen-bond donors (Lipinski definition) is 4. The van der Waals surface area contributed by atoms with Gasteiger partial charge in [-0.05, 0) is 48.4 Å². The van der Waals surface area contributed by atoms with Gasteiger partial charge in [0.1, 0.15) is 0 Å². The van der Waals surface area contributed by atoms with Gasteiger partial charge in [0.15, 0.2) is 23.0 Å². The van der Waals surface area contributed by atoms with Gasteiger partial charge in [-0.25, -0.2) is 9.59 Å². The highest BCUT2D eigenvalue weighted by atomic mass is 16.6. The average Bonchev–Trinajstić information content (AvgIpc) is 2.65. The lowest BCUT2D eigenvalue weighted by Crippen LogP contribution is -2.30. The number of phenolic OH excluding ortho intramolecular Hbond substituents is 4. The van der Waals surface area contributed by atoms with Crippen molar-refractivity contribution in [2.45, 2.75) is 19.4 Å². The van der Waals surface area contributed by atoms with Crippen LogP contribution in [0.2, 0.25) is 0 Å². The van der Waals surface area contributed by atoms with Gasteiger partial charge in [0, 0.05) is 12.5 Å². The second-order valence-corrected chi connectivity index (χ2v) is 5.79. The summed E-state index contributed by atoms with van der Waals surface area (Å²) in [4.78, 5) is 24.2. The van der Waals surface area contributed by atoms with E-state index in [0.29, 0.717) is 11.1 Å². The average molecular weight is 388 g/mol. The molecule has 4 N–H and O–H groups in total. The van der Waals surface area contributed by atoms with Crippen LogP contribution in [0.15, 0.2) is 42.5 Å². The molecule has 28 heavy (non-hydrogen) atoms. The molecular weight excluding hydrogens is 368 g/mol. The lowest BCUT2D eigenvalue weighted by Gasteiger charge is -2.16. The molecule has 0 aromatic heterocycles. The van der Waals surface area contributed by atoms with E-state index in [1.807, 2.05) is 0 Å². The minimum absolute atomic E-state index is 0.0632. The number of carbonyl (C=O) groups excluding carboxylic acids is 2. The molecule has 0 radical (unpaired) electrons. The number of hydrogen-bond acceptors (Lipinski definition) is 8. The molecule has 2 aromatic carbocycles. The zero-order valence-electron chi connectivity index (χ0n) is 15.0. The Morgan fingerprint density at radius 1 is 0.964 bits per heavy atom. The minimum Gasteiger partial charge on any atom is -0.504 e. The molecule has 8 heteroatoms. The van der Waals surface area contributed by atoms with Crippen molar-refractivity contribution in [3.05, 3.63) is 53.6 Å². The van der Waals surface area contributed by atoms with E-state index in [9.17, 15) is 30.0 Å². The fourth-order valence-corrected chi connectivity index (χ4v) is 2.31. The predicted molar refractivity (Wildman–Crippen MR) is 98.8 cm³/mol. The number of esters is 2. The summed E-state index contributed by atoms with van der Waals surface area (Å²) in [6, 6.07) is 7.97. The zero-order chi connectivity index (χ0) is 20.7. The van der Waals surface area contributed by atoms with E-state index in [2.05, 4.69) is 0 Å². The van der Waals surface area contributed by atoms with Gasteiger partial charge >= 0.3 is 11.9 Å². The molecule has 0 aliphatic rings. The highest BCUT2D eigenvalue weighted by Crippen LogP contribution is 2.26. The Kier molecular flexibility index (Phi) is 6.86. The van der Waals surface area contributed by atoms with Crippen LogP contribution in [-0.4, -0.2) is 45.1 Å². The topological polar surface area (TPSA) is 134 Å². The molecule has 2 aromatic rings. The molecule has 1 atom stereocenters. The molecule has 0 unspecified atom stereocenters. The van der Waals surface area contributed by atoms with Gasteiger partial charge in [0.2, 0.25) is 6.10 Å². The lowest BCUT2D eigenvalue weighted by atomic mass is 10.1. The fraction of sp³-hybridized carbons (Fsp3) is 0.200. The number of benzene rings is 2. The van der Waals surface area contributed by atoms with Crippen LogP contribution >= 0.6 is 0 Å². The standard InChI is InChI=1S/C20H20O8/c1-2-27-20(26)18(11-13-4-7-15(22)17(24)10-13)28-19(25)8-5-12-3-6-14(21)16(23)9-12/h3-10,18,21-24H,2,11H2,1H3/t18-/m0/s1. The molecule has 0 heterocycles. The van der Waals surface area contributed by atoms with E-state index >= 15 is 0 Å². The smallest absolute Gasteiger partial charge is 0.347 e. The Morgan fingerprint density at radius 3 is 2.21 bits per heavy atom. The van der Waals surface area contributed by atoms with Crippen molar-refractivity contribution in [2.75, 3.05) is 6.61 Å². The number of aromatic hydroxyl groups is 4. The second kappa shape index (κ2) is 9.31. The van der Waals surface area contributed by atoms with E-state index in [1.165, 1.54) is 42.5 Å². The Bertz CT molecular complexity index is 888. The van der Waals surface area contributed by atoms with Crippen molar-refractivity contribution < 1.29 is 39.5 Å². The van der Waals surface area contributed by atoms with Crippen molar-refractivity contribution in [1.82, 2.24) is 0 Å². The van der Waals surface area contributed by atoms with Crippen LogP contribution in [-0.2, 0) is 25.5 Å². The van der Waals surface area contributed by atoms with Crippen molar-refractivity contribution in [2.24, 2.45) is 0 Å². The Balaban J connectivity index is 2.11. The first-order valence-electron chi connectivity index (χ1n) is 8.38. The van der Waals surface area contributed by atoms with Crippen molar-refractivity contribution >= 4 is 18.0 Å². The van der Waals surface area contributed by atoms with Gasteiger partial charge < -0.3 is 29.9 Å². The lowest BCUT2D eigenvalue weighted by molar-refractivity contribution is -0.164. The summed E-state index contributed by atoms with van der Waals surface area (Å²) in [5, 5.41) is 37.7. The fourth-order valence-electron chi connectivity index (χ4n) is 2.31. The van der Waals surface area contributed by atoms with E-state index in [-0.39, 0.29) is 36.0 Å². The van der Waals surface area contributed by atoms with E-state index in [4.69, 9.17) is 9.47 Å². The van der Waals surface area contributed by atoms with Crippen LogP contribution in [0.1, 0.15) is 18.1 Å². The van der Waals surface area contributed by atoms with Crippen LogP contribution in [0.5, 0.6) is 23.0 Å². The summed E-state index contributed by atoms with van der Waals surface area (Å²) < 4.78 is 10.1. The molecule has 0 aliphatic heterocycles. The third kappa shape index (κ3) is 5.66. The molecule has 8 nitrogen and oxygen atoms in total. The predicted octanol–water partition coefficient (Wildman–Crippen LogP) is 2.24. The van der Waals surface area contributed by atoms with Crippen LogP contribution in [0.4, 0.5) is 0 Å². The Morgan fingerprint density at radius 2 is 1.61 bits per heavy atom. The summed E-state index contributed by atoms with van der Waals surface area (Å²) >= 11 is 0. The first-order valence-corrected chi connectivity index (χ1v) is 8.38. The van der Waals surface area contributed by atoms with Crippen LogP contribution in [0.3, 0.4) is 0 Å². The molecule has 0 aliphatic carbocycles. The van der Waals surface area contributed by atoms with Crippen molar-refractivity contribution in [3.63, 3.8) is 0 Å². The Hall–Kier alpha value is -3.68. The maximum Gasteiger partial charge on any atom is 0.347 e. The van der Waals surface area contributed by atoms with Gasteiger partial charge in [-0.15, -0.1) is 0 Å². The largest absolute Gasteiger partial charge is 0.504 e. The number of ether oxygens (including phenoxy) is 2. The third-order valence-corrected chi connectivity index (χ3v) is 3.68. The summed E-state index contributed by atoms with van der Waals surface area (Å²) in [5.74, 6) is -2.88. The van der Waals surface area contributed by atoms with Crippen LogP contribution < -0.4 is 0 Å². The summed E-state index contributed by atoms with van der Waals surface area (Å²) in [7, 11) is 0. The molecule has 0 saturated carbocycles. The van der Waals surface area contributed by atoms with E-state index in [0.717, 1.165) is 6.08 Å². The van der Waals surface area contributed by atoms with Crippen LogP contribution in [0, 0.1) is 0 Å². The van der Waals surface area contributed by atoms with Gasteiger partial charge in [0.05, 0.1) is 6.61 Å². The molecule has 148 valence electrons. The molecule has 0 amide bonds. The summed E-state index contributed by atoms with van der Waals surface area (Å²) in [6.45, 7) is 1.71. The minimum atomic E-state index is -1.26. The summed E-state index contributed by atoms with van der Waals surface area (Å²) in [6.07, 6.45) is 1.09. The van der Waals surface area contributed by atoms with E-state index < -0.39 is 18.0 Å². The molecule has 0 saturated heterocycles. The zero-order valence-corrected chi connectivity index (χ0v) is 15.0. The van der Waals surface area contributed by atoms with Gasteiger partial charge in [0.25, 0.3) is 0 Å². The SMILES string of the molecule is CCOC(=O)[C@H](Cc1ccc(O)c(O)c1)OC(=O)C=Cc1ccc(O)c(O)c1. The van der Waals surface area contributed by atoms with E-state index in [1.54, 1.807) is 6.92 Å². The van der Waals surface area contributed by atoms with Gasteiger partial charge in [-0.2, -0.15) is 0 Å². The van der Waals surface area contributed by atoms with Crippen LogP contribution in [0.25, 0.3) is 6.08 Å². The van der Waals surface area contributed by atoms with Crippen molar-refractivity contribution in [1.29, 1.82) is 0 Å². The third-order valence-electron chi connectivity index (χ3n) is 3.68. The number of carbonyl (C=O) groups is 2. The first kappa shape index (κ1) is 20.6. The van der Waals surface area contributed by atoms with Gasteiger partial charge in [-0.3, -0.25) is 0 Å². The first-order chi connectivity index (χ1) is 13.3. The quantitative estimate of drug-likeness (QED) is 0.322. The molecule has 0 bridgehead atoms. The molecule has 0 spiro atoms.